The summed E-state index contributed by atoms with van der Waals surface area (Å²) in [6.45, 7) is 8.45. The van der Waals surface area contributed by atoms with Gasteiger partial charge in [0.1, 0.15) is 6.04 Å². The number of nitrogens with one attached hydrogen (secondary N) is 1. The van der Waals surface area contributed by atoms with Crippen LogP contribution in [0.2, 0.25) is 0 Å². The highest BCUT2D eigenvalue weighted by Gasteiger charge is 2.10. The van der Waals surface area contributed by atoms with Gasteiger partial charge in [-0.25, -0.2) is 0 Å². The van der Waals surface area contributed by atoms with Gasteiger partial charge < -0.3 is 10.4 Å². The van der Waals surface area contributed by atoms with Gasteiger partial charge in [-0.3, -0.25) is 4.79 Å². The molecule has 0 aromatic heterocycles. The Kier molecular flexibility index (Phi) is 4.07. The van der Waals surface area contributed by atoms with E-state index in [0.717, 1.165) is 5.56 Å². The molecular weight excluding hydrogens is 202 g/mol. The van der Waals surface area contributed by atoms with E-state index in [0.29, 0.717) is 6.54 Å². The van der Waals surface area contributed by atoms with Crippen molar-refractivity contribution >= 4 is 5.97 Å². The molecule has 0 bridgehead atoms. The summed E-state index contributed by atoms with van der Waals surface area (Å²) in [5, 5.41) is 11.8. The van der Waals surface area contributed by atoms with E-state index in [1.807, 2.05) is 0 Å². The highest BCUT2D eigenvalue weighted by atomic mass is 16.4. The number of carbonyl (C=O) groups is 1. The summed E-state index contributed by atoms with van der Waals surface area (Å²) in [7, 11) is 0. The summed E-state index contributed by atoms with van der Waals surface area (Å²) in [4.78, 5) is 10.7. The van der Waals surface area contributed by atoms with Gasteiger partial charge in [-0.2, -0.15) is 0 Å². The van der Waals surface area contributed by atoms with Crippen molar-refractivity contribution in [3.8, 4) is 0 Å². The van der Waals surface area contributed by atoms with Crippen LogP contribution in [0.3, 0.4) is 0 Å². The van der Waals surface area contributed by atoms with Crippen LogP contribution >= 0.6 is 0 Å². The molecule has 0 fully saturated rings. The molecule has 0 aliphatic rings. The van der Waals surface area contributed by atoms with Crippen molar-refractivity contribution in [3.63, 3.8) is 0 Å². The molecular formula is C13H19NO2. The molecule has 0 aliphatic carbocycles. The van der Waals surface area contributed by atoms with Crippen molar-refractivity contribution in [1.82, 2.24) is 5.32 Å². The van der Waals surface area contributed by atoms with Crippen LogP contribution in [0.5, 0.6) is 0 Å². The normalized spacial score (nSPS) is 12.5. The first kappa shape index (κ1) is 12.7. The zero-order chi connectivity index (χ0) is 12.3. The number of carboxylic acid groups (broad SMARTS) is 1. The summed E-state index contributed by atoms with van der Waals surface area (Å²) in [6, 6.07) is 3.74. The van der Waals surface area contributed by atoms with Crippen LogP contribution < -0.4 is 5.32 Å². The van der Waals surface area contributed by atoms with E-state index in [2.05, 4.69) is 38.2 Å². The van der Waals surface area contributed by atoms with E-state index in [9.17, 15) is 4.79 Å². The number of carboxylic acids is 1. The first-order valence-corrected chi connectivity index (χ1v) is 5.44. The molecule has 1 unspecified atom stereocenters. The summed E-state index contributed by atoms with van der Waals surface area (Å²) in [5.74, 6) is -0.818. The fourth-order valence-electron chi connectivity index (χ4n) is 1.56. The molecule has 0 saturated carbocycles. The number of aliphatic carboxylic acids is 1. The van der Waals surface area contributed by atoms with Gasteiger partial charge in [0.25, 0.3) is 0 Å². The second-order valence-corrected chi connectivity index (χ2v) is 4.30. The second kappa shape index (κ2) is 5.12. The molecule has 0 radical (unpaired) electrons. The van der Waals surface area contributed by atoms with E-state index in [-0.39, 0.29) is 0 Å². The Morgan fingerprint density at radius 1 is 1.25 bits per heavy atom. The second-order valence-electron chi connectivity index (χ2n) is 4.30. The number of benzene rings is 1. The van der Waals surface area contributed by atoms with E-state index < -0.39 is 12.0 Å². The average Bonchev–Trinajstić information content (AvgIpc) is 2.20. The van der Waals surface area contributed by atoms with Gasteiger partial charge in [-0.15, -0.1) is 0 Å². The molecule has 1 aromatic rings. The molecule has 1 aromatic carbocycles. The fourth-order valence-corrected chi connectivity index (χ4v) is 1.56. The number of hydrogen-bond donors (Lipinski definition) is 2. The predicted octanol–water partition coefficient (Wildman–Crippen LogP) is 2.17. The van der Waals surface area contributed by atoms with E-state index in [1.54, 1.807) is 6.92 Å². The largest absolute Gasteiger partial charge is 0.480 e. The molecule has 0 aliphatic heterocycles. The smallest absolute Gasteiger partial charge is 0.320 e. The maximum Gasteiger partial charge on any atom is 0.320 e. The molecule has 1 rings (SSSR count). The first-order valence-electron chi connectivity index (χ1n) is 5.44. The van der Waals surface area contributed by atoms with Crippen molar-refractivity contribution in [2.45, 2.75) is 40.3 Å². The average molecular weight is 221 g/mol. The zero-order valence-corrected chi connectivity index (χ0v) is 10.3. The van der Waals surface area contributed by atoms with Gasteiger partial charge >= 0.3 is 5.97 Å². The molecule has 3 nitrogen and oxygen atoms in total. The van der Waals surface area contributed by atoms with Crippen molar-refractivity contribution in [3.05, 3.63) is 34.4 Å². The Bertz CT molecular complexity index is 399. The Balaban J connectivity index is 2.74. The summed E-state index contributed by atoms with van der Waals surface area (Å²) in [6.07, 6.45) is 0. The van der Waals surface area contributed by atoms with Crippen LogP contribution in [0, 0.1) is 20.8 Å². The summed E-state index contributed by atoms with van der Waals surface area (Å²) >= 11 is 0. The molecule has 16 heavy (non-hydrogen) atoms. The third-order valence-corrected chi connectivity index (χ3v) is 2.92. The minimum absolute atomic E-state index is 0.513. The summed E-state index contributed by atoms with van der Waals surface area (Å²) < 4.78 is 0. The van der Waals surface area contributed by atoms with Crippen LogP contribution in [0.1, 0.15) is 29.2 Å². The van der Waals surface area contributed by atoms with Crippen molar-refractivity contribution in [2.75, 3.05) is 0 Å². The monoisotopic (exact) mass is 221 g/mol. The van der Waals surface area contributed by atoms with E-state index in [4.69, 9.17) is 5.11 Å². The third-order valence-electron chi connectivity index (χ3n) is 2.92. The van der Waals surface area contributed by atoms with Crippen molar-refractivity contribution < 1.29 is 9.90 Å². The minimum Gasteiger partial charge on any atom is -0.480 e. The highest BCUT2D eigenvalue weighted by molar-refractivity contribution is 5.72. The van der Waals surface area contributed by atoms with Crippen LogP contribution in [0.15, 0.2) is 12.1 Å². The molecule has 0 amide bonds. The van der Waals surface area contributed by atoms with Gasteiger partial charge in [0.15, 0.2) is 0 Å². The lowest BCUT2D eigenvalue weighted by Gasteiger charge is -2.13. The van der Waals surface area contributed by atoms with Crippen LogP contribution in [-0.2, 0) is 11.3 Å². The molecule has 0 saturated heterocycles. The number of rotatable bonds is 4. The Labute approximate surface area is 96.5 Å². The SMILES string of the molecule is Cc1cc(C)c(CNC(C)C(=O)O)cc1C. The number of hydrogen-bond acceptors (Lipinski definition) is 2. The lowest BCUT2D eigenvalue weighted by atomic mass is 10.0. The molecule has 3 heteroatoms. The molecule has 2 N–H and O–H groups in total. The molecule has 0 heterocycles. The quantitative estimate of drug-likeness (QED) is 0.819. The predicted molar refractivity (Wildman–Crippen MR) is 64.6 cm³/mol. The maximum atomic E-state index is 10.7. The zero-order valence-electron chi connectivity index (χ0n) is 10.3. The van der Waals surface area contributed by atoms with E-state index >= 15 is 0 Å². The lowest BCUT2D eigenvalue weighted by Crippen LogP contribution is -2.33. The molecule has 1 atom stereocenters. The van der Waals surface area contributed by atoms with Gasteiger partial charge in [-0.05, 0) is 49.9 Å². The summed E-state index contributed by atoms with van der Waals surface area (Å²) in [5.41, 5.74) is 4.88. The lowest BCUT2D eigenvalue weighted by molar-refractivity contribution is -0.139. The third kappa shape index (κ3) is 3.07. The minimum atomic E-state index is -0.818. The Morgan fingerprint density at radius 2 is 1.81 bits per heavy atom. The van der Waals surface area contributed by atoms with Crippen molar-refractivity contribution in [1.29, 1.82) is 0 Å². The van der Waals surface area contributed by atoms with Gasteiger partial charge in [0, 0.05) is 6.54 Å². The maximum absolute atomic E-state index is 10.7. The van der Waals surface area contributed by atoms with Gasteiger partial charge in [0.2, 0.25) is 0 Å². The van der Waals surface area contributed by atoms with E-state index in [1.165, 1.54) is 16.7 Å². The Morgan fingerprint density at radius 3 is 2.38 bits per heavy atom. The molecule has 88 valence electrons. The highest BCUT2D eigenvalue weighted by Crippen LogP contribution is 2.15. The Hall–Kier alpha value is -1.35. The number of aryl methyl sites for hydroxylation is 3. The molecule has 0 spiro atoms. The first-order chi connectivity index (χ1) is 7.41. The standard InChI is InChI=1S/C13H19NO2/c1-8-5-10(3)12(6-9(8)2)7-14-11(4)13(15)16/h5-6,11,14H,7H2,1-4H3,(H,15,16). The fraction of sp³-hybridized carbons (Fsp3) is 0.462. The van der Waals surface area contributed by atoms with Crippen molar-refractivity contribution in [2.24, 2.45) is 0 Å². The van der Waals surface area contributed by atoms with Crippen LogP contribution in [0.25, 0.3) is 0 Å². The van der Waals surface area contributed by atoms with Crippen LogP contribution in [-0.4, -0.2) is 17.1 Å². The van der Waals surface area contributed by atoms with Gasteiger partial charge in [0.05, 0.1) is 0 Å². The topological polar surface area (TPSA) is 49.3 Å². The van der Waals surface area contributed by atoms with Crippen LogP contribution in [0.4, 0.5) is 0 Å². The van der Waals surface area contributed by atoms with Gasteiger partial charge in [-0.1, -0.05) is 12.1 Å².